The summed E-state index contributed by atoms with van der Waals surface area (Å²) in [6.07, 6.45) is 2.79. The Morgan fingerprint density at radius 3 is 2.23 bits per heavy atom. The molecule has 0 spiro atoms. The van der Waals surface area contributed by atoms with Gasteiger partial charge >= 0.3 is 5.97 Å². The number of hydrogen-bond acceptors (Lipinski definition) is 7. The van der Waals surface area contributed by atoms with Crippen molar-refractivity contribution in [1.29, 1.82) is 0 Å². The van der Waals surface area contributed by atoms with Crippen molar-refractivity contribution in [3.63, 3.8) is 0 Å². The average Bonchev–Trinajstić information content (AvgIpc) is 2.78. The lowest BCUT2D eigenvalue weighted by Gasteiger charge is -2.15. The van der Waals surface area contributed by atoms with E-state index in [4.69, 9.17) is 23.7 Å². The number of carbonyl (C=O) groups excluding carboxylic acids is 2. The highest BCUT2D eigenvalue weighted by Gasteiger charge is 2.19. The summed E-state index contributed by atoms with van der Waals surface area (Å²) >= 11 is 0. The predicted octanol–water partition coefficient (Wildman–Crippen LogP) is 3.69. The van der Waals surface area contributed by atoms with Crippen molar-refractivity contribution in [1.82, 2.24) is 0 Å². The second kappa shape index (κ2) is 11.5. The van der Waals surface area contributed by atoms with Crippen LogP contribution in [0.25, 0.3) is 6.08 Å². The fraction of sp³-hybridized carbons (Fsp3) is 0.304. The monoisotopic (exact) mass is 429 g/mol. The average molecular weight is 429 g/mol. The molecule has 1 amide bonds. The zero-order valence-electron chi connectivity index (χ0n) is 18.3. The molecular weight excluding hydrogens is 402 g/mol. The molecule has 0 saturated heterocycles. The lowest BCUT2D eigenvalue weighted by Crippen LogP contribution is -2.31. The highest BCUT2D eigenvalue weighted by molar-refractivity contribution is 5.95. The highest BCUT2D eigenvalue weighted by Crippen LogP contribution is 2.30. The summed E-state index contributed by atoms with van der Waals surface area (Å²) in [6.45, 7) is 3.02. The second-order valence-electron chi connectivity index (χ2n) is 6.39. The van der Waals surface area contributed by atoms with E-state index in [2.05, 4.69) is 5.32 Å². The van der Waals surface area contributed by atoms with E-state index in [1.807, 2.05) is 25.1 Å². The highest BCUT2D eigenvalue weighted by atomic mass is 16.6. The molecule has 0 aliphatic carbocycles. The van der Waals surface area contributed by atoms with Crippen LogP contribution in [0.2, 0.25) is 0 Å². The Morgan fingerprint density at radius 1 is 0.935 bits per heavy atom. The van der Waals surface area contributed by atoms with E-state index in [-0.39, 0.29) is 6.61 Å². The molecule has 0 radical (unpaired) electrons. The van der Waals surface area contributed by atoms with Crippen LogP contribution >= 0.6 is 0 Å². The molecule has 2 aromatic rings. The summed E-state index contributed by atoms with van der Waals surface area (Å²) < 4.78 is 26.3. The Balaban J connectivity index is 1.91. The van der Waals surface area contributed by atoms with E-state index >= 15 is 0 Å². The molecule has 2 rings (SSSR count). The largest absolute Gasteiger partial charge is 0.493 e. The van der Waals surface area contributed by atoms with Crippen LogP contribution in [0.15, 0.2) is 42.5 Å². The molecule has 1 unspecified atom stereocenters. The standard InChI is InChI=1S/C23H27NO7/c1-6-7-16-8-10-19(20(12-16)28-4)30-14-22(25)31-15(2)23(26)24-17-9-11-18(27-3)21(13-17)29-5/h6-13,15H,14H2,1-5H3,(H,24,26)/b7-6+. The maximum Gasteiger partial charge on any atom is 0.344 e. The summed E-state index contributed by atoms with van der Waals surface area (Å²) in [7, 11) is 4.53. The van der Waals surface area contributed by atoms with Gasteiger partial charge in [0.25, 0.3) is 5.91 Å². The van der Waals surface area contributed by atoms with Gasteiger partial charge in [0.05, 0.1) is 21.3 Å². The number of carbonyl (C=O) groups is 2. The Hall–Kier alpha value is -3.68. The maximum atomic E-state index is 12.3. The zero-order valence-corrected chi connectivity index (χ0v) is 18.3. The molecule has 0 aromatic heterocycles. The van der Waals surface area contributed by atoms with E-state index in [0.29, 0.717) is 28.7 Å². The van der Waals surface area contributed by atoms with Crippen LogP contribution in [0.3, 0.4) is 0 Å². The second-order valence-corrected chi connectivity index (χ2v) is 6.39. The third kappa shape index (κ3) is 6.67. The van der Waals surface area contributed by atoms with Crippen LogP contribution in [-0.4, -0.2) is 45.9 Å². The minimum absolute atomic E-state index is 0.368. The number of anilines is 1. The number of rotatable bonds is 10. The molecule has 0 saturated carbocycles. The van der Waals surface area contributed by atoms with Crippen molar-refractivity contribution in [3.05, 3.63) is 48.0 Å². The molecule has 0 bridgehead atoms. The summed E-state index contributed by atoms with van der Waals surface area (Å²) in [5, 5.41) is 2.66. The normalized spacial score (nSPS) is 11.5. The van der Waals surface area contributed by atoms with Gasteiger partial charge in [-0.3, -0.25) is 4.79 Å². The lowest BCUT2D eigenvalue weighted by molar-refractivity contribution is -0.155. The Labute approximate surface area is 181 Å². The Bertz CT molecular complexity index is 940. The quantitative estimate of drug-likeness (QED) is 0.576. The molecule has 31 heavy (non-hydrogen) atoms. The lowest BCUT2D eigenvalue weighted by atomic mass is 10.2. The summed E-state index contributed by atoms with van der Waals surface area (Å²) in [6, 6.07) is 10.3. The zero-order chi connectivity index (χ0) is 22.8. The van der Waals surface area contributed by atoms with Crippen molar-refractivity contribution in [2.45, 2.75) is 20.0 Å². The third-order valence-corrected chi connectivity index (χ3v) is 4.22. The predicted molar refractivity (Wildman–Crippen MR) is 117 cm³/mol. The van der Waals surface area contributed by atoms with Crippen LogP contribution in [0, 0.1) is 0 Å². The first kappa shape index (κ1) is 23.6. The third-order valence-electron chi connectivity index (χ3n) is 4.22. The molecule has 0 fully saturated rings. The first-order valence-corrected chi connectivity index (χ1v) is 9.57. The topological polar surface area (TPSA) is 92.3 Å². The number of amides is 1. The van der Waals surface area contributed by atoms with Gasteiger partial charge in [-0.25, -0.2) is 4.79 Å². The van der Waals surface area contributed by atoms with Gasteiger partial charge < -0.3 is 29.0 Å². The summed E-state index contributed by atoms with van der Waals surface area (Å²) in [4.78, 5) is 24.5. The van der Waals surface area contributed by atoms with Gasteiger partial charge in [-0.15, -0.1) is 0 Å². The van der Waals surface area contributed by atoms with E-state index in [1.165, 1.54) is 28.3 Å². The number of nitrogens with one attached hydrogen (secondary N) is 1. The van der Waals surface area contributed by atoms with Crippen molar-refractivity contribution >= 4 is 23.6 Å². The van der Waals surface area contributed by atoms with Gasteiger partial charge in [0, 0.05) is 11.8 Å². The number of hydrogen-bond donors (Lipinski definition) is 1. The van der Waals surface area contributed by atoms with Crippen LogP contribution < -0.4 is 24.3 Å². The summed E-state index contributed by atoms with van der Waals surface area (Å²) in [5.74, 6) is 0.709. The number of ether oxygens (including phenoxy) is 5. The minimum Gasteiger partial charge on any atom is -0.493 e. The Kier molecular flexibility index (Phi) is 8.75. The molecule has 1 N–H and O–H groups in total. The van der Waals surface area contributed by atoms with Crippen molar-refractivity contribution in [3.8, 4) is 23.0 Å². The maximum absolute atomic E-state index is 12.3. The van der Waals surface area contributed by atoms with E-state index in [9.17, 15) is 9.59 Å². The first-order valence-electron chi connectivity index (χ1n) is 9.57. The van der Waals surface area contributed by atoms with Crippen LogP contribution in [0.1, 0.15) is 19.4 Å². The van der Waals surface area contributed by atoms with Crippen molar-refractivity contribution in [2.75, 3.05) is 33.3 Å². The molecule has 0 aliphatic rings. The Morgan fingerprint density at radius 2 is 1.58 bits per heavy atom. The van der Waals surface area contributed by atoms with Crippen molar-refractivity contribution < 1.29 is 33.3 Å². The number of allylic oxidation sites excluding steroid dienone is 1. The van der Waals surface area contributed by atoms with Gasteiger partial charge in [0.1, 0.15) is 0 Å². The molecule has 8 heteroatoms. The SMILES string of the molecule is C/C=C/c1ccc(OCC(=O)OC(C)C(=O)Nc2ccc(OC)c(OC)c2)c(OC)c1. The van der Waals surface area contributed by atoms with Gasteiger partial charge in [0.2, 0.25) is 0 Å². The number of methoxy groups -OCH3 is 3. The number of benzene rings is 2. The van der Waals surface area contributed by atoms with Gasteiger partial charge in [-0.05, 0) is 43.7 Å². The fourth-order valence-corrected chi connectivity index (χ4v) is 2.68. The molecule has 0 aliphatic heterocycles. The molecule has 2 aromatic carbocycles. The van der Waals surface area contributed by atoms with Crippen LogP contribution in [0.4, 0.5) is 5.69 Å². The molecular formula is C23H27NO7. The van der Waals surface area contributed by atoms with Crippen LogP contribution in [0.5, 0.6) is 23.0 Å². The van der Waals surface area contributed by atoms with E-state index in [1.54, 1.807) is 30.3 Å². The molecule has 166 valence electrons. The van der Waals surface area contributed by atoms with Gasteiger partial charge in [0.15, 0.2) is 35.7 Å². The number of esters is 1. The van der Waals surface area contributed by atoms with Gasteiger partial charge in [-0.1, -0.05) is 18.2 Å². The fourth-order valence-electron chi connectivity index (χ4n) is 2.68. The first-order chi connectivity index (χ1) is 14.9. The molecule has 0 heterocycles. The minimum atomic E-state index is -1.02. The van der Waals surface area contributed by atoms with E-state index in [0.717, 1.165) is 5.56 Å². The molecule has 1 atom stereocenters. The summed E-state index contributed by atoms with van der Waals surface area (Å²) in [5.41, 5.74) is 1.42. The van der Waals surface area contributed by atoms with Crippen molar-refractivity contribution in [2.24, 2.45) is 0 Å². The van der Waals surface area contributed by atoms with Gasteiger partial charge in [-0.2, -0.15) is 0 Å². The van der Waals surface area contributed by atoms with Crippen LogP contribution in [-0.2, 0) is 14.3 Å². The smallest absolute Gasteiger partial charge is 0.344 e. The van der Waals surface area contributed by atoms with E-state index < -0.39 is 18.0 Å². The molecule has 8 nitrogen and oxygen atoms in total.